The summed E-state index contributed by atoms with van der Waals surface area (Å²) < 4.78 is 15.9. The molecule has 3 aliphatic rings. The molecule has 2 aromatic rings. The van der Waals surface area contributed by atoms with Crippen molar-refractivity contribution in [3.8, 4) is 0 Å². The van der Waals surface area contributed by atoms with Crippen molar-refractivity contribution < 1.29 is 23.6 Å². The number of hydrogen-bond acceptors (Lipinski definition) is 5. The number of halogens is 1. The van der Waals surface area contributed by atoms with Gasteiger partial charge in [-0.15, -0.1) is 0 Å². The fraction of sp³-hybridized carbons (Fsp3) is 0.360. The van der Waals surface area contributed by atoms with Crippen molar-refractivity contribution in [3.63, 3.8) is 0 Å². The zero-order valence-corrected chi connectivity index (χ0v) is 18.1. The van der Waals surface area contributed by atoms with Crippen LogP contribution in [0.3, 0.4) is 0 Å². The number of amides is 4. The summed E-state index contributed by atoms with van der Waals surface area (Å²) in [7, 11) is 0. The van der Waals surface area contributed by atoms with E-state index in [2.05, 4.69) is 22.3 Å². The van der Waals surface area contributed by atoms with E-state index in [0.29, 0.717) is 18.7 Å². The summed E-state index contributed by atoms with van der Waals surface area (Å²) in [4.78, 5) is 52.7. The number of fused-ring (bicyclic) bond motifs is 1. The zero-order chi connectivity index (χ0) is 23.2. The molecule has 2 fully saturated rings. The van der Waals surface area contributed by atoms with Gasteiger partial charge in [-0.1, -0.05) is 36.4 Å². The van der Waals surface area contributed by atoms with Gasteiger partial charge in [0.1, 0.15) is 11.7 Å². The van der Waals surface area contributed by atoms with E-state index in [9.17, 15) is 19.2 Å². The molecule has 3 heterocycles. The van der Waals surface area contributed by atoms with Crippen LogP contribution in [-0.2, 0) is 21.8 Å². The quantitative estimate of drug-likeness (QED) is 0.725. The Hall–Kier alpha value is -3.39. The highest BCUT2D eigenvalue weighted by atomic mass is 19.1. The molecule has 4 amide bonds. The monoisotopic (exact) mass is 449 g/mol. The topological polar surface area (TPSA) is 86.8 Å². The smallest absolute Gasteiger partial charge is 0.262 e. The maximum atomic E-state index is 15.9. The Bertz CT molecular complexity index is 1140. The van der Waals surface area contributed by atoms with Gasteiger partial charge in [-0.2, -0.15) is 0 Å². The Balaban J connectivity index is 1.32. The van der Waals surface area contributed by atoms with Crippen LogP contribution in [0.5, 0.6) is 0 Å². The van der Waals surface area contributed by atoms with Crippen molar-refractivity contribution >= 4 is 23.6 Å². The van der Waals surface area contributed by atoms with Crippen LogP contribution in [-0.4, -0.2) is 52.6 Å². The first-order valence-corrected chi connectivity index (χ1v) is 11.2. The van der Waals surface area contributed by atoms with Crippen LogP contribution in [0.2, 0.25) is 0 Å². The molecule has 0 radical (unpaired) electrons. The molecule has 1 N–H and O–H groups in total. The summed E-state index contributed by atoms with van der Waals surface area (Å²) in [5, 5.41) is 2.18. The fourth-order valence-electron chi connectivity index (χ4n) is 4.95. The van der Waals surface area contributed by atoms with Gasteiger partial charge in [0.15, 0.2) is 0 Å². The van der Waals surface area contributed by atoms with Crippen LogP contribution in [0.15, 0.2) is 48.5 Å². The third kappa shape index (κ3) is 3.84. The van der Waals surface area contributed by atoms with Crippen LogP contribution in [0, 0.1) is 0 Å². The minimum atomic E-state index is -1.59. The highest BCUT2D eigenvalue weighted by molar-refractivity contribution is 6.23. The van der Waals surface area contributed by atoms with Crippen molar-refractivity contribution in [2.24, 2.45) is 0 Å². The molecule has 8 heteroatoms. The van der Waals surface area contributed by atoms with Crippen molar-refractivity contribution in [2.75, 3.05) is 13.1 Å². The number of carbonyl (C=O) groups is 4. The standard InChI is InChI=1S/C25H24FN3O4/c26-25(10-12-28(13-11-25)15-16-4-2-1-3-5-16)17-6-7-18-19(14-17)24(33)29(23(18)32)20-8-9-21(30)27-22(20)31/h1-7,14,20H,8-13,15H2,(H,27,30,31). The lowest BCUT2D eigenvalue weighted by Gasteiger charge is -2.37. The molecule has 2 aromatic carbocycles. The average Bonchev–Trinajstić information content (AvgIpc) is 3.06. The van der Waals surface area contributed by atoms with Gasteiger partial charge in [0, 0.05) is 26.1 Å². The Kier molecular flexibility index (Phi) is 5.32. The Morgan fingerprint density at radius 2 is 1.64 bits per heavy atom. The fourth-order valence-corrected chi connectivity index (χ4v) is 4.95. The number of nitrogens with one attached hydrogen (secondary N) is 1. The summed E-state index contributed by atoms with van der Waals surface area (Å²) in [5.74, 6) is -2.28. The van der Waals surface area contributed by atoms with E-state index in [1.54, 1.807) is 6.07 Å². The normalized spacial score (nSPS) is 22.9. The van der Waals surface area contributed by atoms with Crippen molar-refractivity contribution in [1.82, 2.24) is 15.1 Å². The number of piperidine rings is 2. The maximum absolute atomic E-state index is 15.9. The van der Waals surface area contributed by atoms with E-state index in [-0.39, 0.29) is 36.8 Å². The van der Waals surface area contributed by atoms with Crippen LogP contribution in [0.25, 0.3) is 0 Å². The lowest BCUT2D eigenvalue weighted by molar-refractivity contribution is -0.136. The Morgan fingerprint density at radius 1 is 0.939 bits per heavy atom. The molecule has 7 nitrogen and oxygen atoms in total. The maximum Gasteiger partial charge on any atom is 0.262 e. The first-order chi connectivity index (χ1) is 15.9. The van der Waals surface area contributed by atoms with Crippen LogP contribution in [0.1, 0.15) is 57.5 Å². The highest BCUT2D eigenvalue weighted by Gasteiger charge is 2.46. The van der Waals surface area contributed by atoms with E-state index < -0.39 is 35.3 Å². The molecule has 33 heavy (non-hydrogen) atoms. The predicted molar refractivity (Wildman–Crippen MR) is 117 cm³/mol. The van der Waals surface area contributed by atoms with Crippen molar-refractivity contribution in [2.45, 2.75) is 43.9 Å². The van der Waals surface area contributed by atoms with Gasteiger partial charge in [0.05, 0.1) is 11.1 Å². The lowest BCUT2D eigenvalue weighted by atomic mass is 9.84. The summed E-state index contributed by atoms with van der Waals surface area (Å²) in [5.41, 5.74) is 0.253. The molecular formula is C25H24FN3O4. The minimum absolute atomic E-state index is 0.0577. The van der Waals surface area contributed by atoms with Gasteiger partial charge >= 0.3 is 0 Å². The van der Waals surface area contributed by atoms with Crippen molar-refractivity contribution in [1.29, 1.82) is 0 Å². The van der Waals surface area contributed by atoms with E-state index in [4.69, 9.17) is 0 Å². The highest BCUT2D eigenvalue weighted by Crippen LogP contribution is 2.39. The first kappa shape index (κ1) is 21.5. The number of imide groups is 2. The molecule has 0 aliphatic carbocycles. The molecule has 0 aromatic heterocycles. The summed E-state index contributed by atoms with van der Waals surface area (Å²) in [6.45, 7) is 1.92. The minimum Gasteiger partial charge on any atom is -0.299 e. The first-order valence-electron chi connectivity index (χ1n) is 11.2. The van der Waals surface area contributed by atoms with E-state index in [0.717, 1.165) is 11.4 Å². The second kappa shape index (κ2) is 8.19. The van der Waals surface area contributed by atoms with Crippen LogP contribution >= 0.6 is 0 Å². The summed E-state index contributed by atoms with van der Waals surface area (Å²) in [6.07, 6.45) is 0.727. The molecule has 1 atom stereocenters. The largest absolute Gasteiger partial charge is 0.299 e. The van der Waals surface area contributed by atoms with Crippen molar-refractivity contribution in [3.05, 3.63) is 70.8 Å². The van der Waals surface area contributed by atoms with Gasteiger partial charge < -0.3 is 0 Å². The SMILES string of the molecule is O=C1CCC(N2C(=O)c3ccc(C4(F)CCN(Cc5ccccc5)CC4)cc3C2=O)C(=O)N1. The number of benzene rings is 2. The Morgan fingerprint density at radius 3 is 2.33 bits per heavy atom. The third-order valence-corrected chi connectivity index (χ3v) is 6.85. The molecule has 5 rings (SSSR count). The zero-order valence-electron chi connectivity index (χ0n) is 18.1. The molecule has 0 saturated carbocycles. The number of likely N-dealkylation sites (tertiary alicyclic amines) is 1. The molecule has 2 saturated heterocycles. The second-order valence-corrected chi connectivity index (χ2v) is 8.93. The third-order valence-electron chi connectivity index (χ3n) is 6.85. The predicted octanol–water partition coefficient (Wildman–Crippen LogP) is 2.55. The average molecular weight is 449 g/mol. The second-order valence-electron chi connectivity index (χ2n) is 8.93. The number of nitrogens with zero attached hydrogens (tertiary/aromatic N) is 2. The van der Waals surface area contributed by atoms with Gasteiger partial charge in [0.25, 0.3) is 11.8 Å². The Labute approximate surface area is 190 Å². The lowest BCUT2D eigenvalue weighted by Crippen LogP contribution is -2.54. The molecule has 3 aliphatic heterocycles. The van der Waals surface area contributed by atoms with Gasteiger partial charge in [0.2, 0.25) is 11.8 Å². The summed E-state index contributed by atoms with van der Waals surface area (Å²) in [6, 6.07) is 13.5. The molecule has 0 spiro atoms. The van der Waals surface area contributed by atoms with Crippen LogP contribution in [0.4, 0.5) is 4.39 Å². The van der Waals surface area contributed by atoms with E-state index >= 15 is 4.39 Å². The van der Waals surface area contributed by atoms with Crippen LogP contribution < -0.4 is 5.32 Å². The molecule has 170 valence electrons. The number of carbonyl (C=O) groups excluding carboxylic acids is 4. The summed E-state index contributed by atoms with van der Waals surface area (Å²) >= 11 is 0. The number of rotatable bonds is 4. The number of hydrogen-bond donors (Lipinski definition) is 1. The number of alkyl halides is 1. The molecule has 0 bridgehead atoms. The van der Waals surface area contributed by atoms with Gasteiger partial charge in [-0.25, -0.2) is 4.39 Å². The van der Waals surface area contributed by atoms with E-state index in [1.165, 1.54) is 17.7 Å². The van der Waals surface area contributed by atoms with E-state index in [1.807, 2.05) is 18.2 Å². The molecule has 1 unspecified atom stereocenters. The van der Waals surface area contributed by atoms with Gasteiger partial charge in [-0.05, 0) is 42.5 Å². The van der Waals surface area contributed by atoms with Gasteiger partial charge in [-0.3, -0.25) is 34.3 Å². The molecular weight excluding hydrogens is 425 g/mol.